The molecule has 1 unspecified atom stereocenters. The van der Waals surface area contributed by atoms with Gasteiger partial charge in [-0.2, -0.15) is 13.2 Å². The van der Waals surface area contributed by atoms with Gasteiger partial charge in [0.2, 0.25) is 5.88 Å². The number of carbonyl (C=O) groups is 1. The topological polar surface area (TPSA) is 131 Å². The number of aryl methyl sites for hydroxylation is 1. The van der Waals surface area contributed by atoms with Crippen LogP contribution < -0.4 is 10.1 Å². The molecule has 2 N–H and O–H groups in total. The first-order valence-electron chi connectivity index (χ1n) is 10.8. The van der Waals surface area contributed by atoms with Crippen molar-refractivity contribution in [3.8, 4) is 11.8 Å². The highest BCUT2D eigenvalue weighted by Gasteiger charge is 2.41. The van der Waals surface area contributed by atoms with Gasteiger partial charge in [-0.15, -0.1) is 10.2 Å². The molecule has 0 bridgehead atoms. The van der Waals surface area contributed by atoms with E-state index in [-0.39, 0.29) is 21.9 Å². The van der Waals surface area contributed by atoms with Crippen molar-refractivity contribution in [1.29, 1.82) is 4.78 Å². The van der Waals surface area contributed by atoms with Gasteiger partial charge in [0.25, 0.3) is 11.8 Å². The molecular weight excluding hydrogens is 497 g/mol. The molecule has 0 radical (unpaired) electrons. The fourth-order valence-electron chi connectivity index (χ4n) is 3.51. The lowest BCUT2D eigenvalue weighted by Crippen LogP contribution is -2.21. The number of rotatable bonds is 6. The van der Waals surface area contributed by atoms with Gasteiger partial charge < -0.3 is 10.1 Å². The second kappa shape index (κ2) is 8.80. The van der Waals surface area contributed by atoms with Crippen molar-refractivity contribution in [2.75, 3.05) is 11.6 Å². The Balaban J connectivity index is 1.73. The summed E-state index contributed by atoms with van der Waals surface area (Å²) < 4.78 is 66.1. The van der Waals surface area contributed by atoms with E-state index in [0.29, 0.717) is 5.69 Å². The van der Waals surface area contributed by atoms with E-state index < -0.39 is 44.5 Å². The molecule has 1 fully saturated rings. The number of nitrogens with one attached hydrogen (secondary N) is 2. The molecule has 1 aliphatic rings. The van der Waals surface area contributed by atoms with Crippen LogP contribution in [0.5, 0.6) is 11.8 Å². The molecule has 0 saturated heterocycles. The summed E-state index contributed by atoms with van der Waals surface area (Å²) >= 11 is 0. The van der Waals surface area contributed by atoms with E-state index in [1.54, 1.807) is 6.92 Å². The van der Waals surface area contributed by atoms with Crippen molar-refractivity contribution in [2.45, 2.75) is 50.1 Å². The lowest BCUT2D eigenvalue weighted by molar-refractivity contribution is -0.142. The van der Waals surface area contributed by atoms with E-state index >= 15 is 0 Å². The molecule has 4 rings (SSSR count). The predicted octanol–water partition coefficient (Wildman–Crippen LogP) is 5.03. The SMILES string of the molecule is Cc1nc(C2(C)CC2)cnc1Oc1nnc(C(F)(F)F)c(C)c1C(=O)Nc1cccc(S(C)(=N)=O)c1. The Labute approximate surface area is 205 Å². The first kappa shape index (κ1) is 25.5. The van der Waals surface area contributed by atoms with Crippen LogP contribution in [0.1, 0.15) is 52.8 Å². The number of hydrogen-bond acceptors (Lipinski definition) is 8. The molecule has 13 heteroatoms. The molecule has 0 aliphatic heterocycles. The Morgan fingerprint density at radius 1 is 1.19 bits per heavy atom. The van der Waals surface area contributed by atoms with Gasteiger partial charge in [0.15, 0.2) is 5.69 Å². The van der Waals surface area contributed by atoms with Gasteiger partial charge in [0.05, 0.1) is 21.6 Å². The smallest absolute Gasteiger partial charge is 0.416 e. The predicted molar refractivity (Wildman–Crippen MR) is 125 cm³/mol. The van der Waals surface area contributed by atoms with Gasteiger partial charge in [-0.3, -0.25) is 9.78 Å². The molecular formula is C23H23F3N6O3S. The molecule has 1 aliphatic carbocycles. The van der Waals surface area contributed by atoms with Crippen LogP contribution in [0.15, 0.2) is 35.4 Å². The number of benzene rings is 1. The zero-order valence-electron chi connectivity index (χ0n) is 19.9. The van der Waals surface area contributed by atoms with E-state index in [4.69, 9.17) is 9.52 Å². The summed E-state index contributed by atoms with van der Waals surface area (Å²) in [5, 5.41) is 9.27. The van der Waals surface area contributed by atoms with Crippen molar-refractivity contribution in [3.63, 3.8) is 0 Å². The van der Waals surface area contributed by atoms with Crippen LogP contribution in [0.2, 0.25) is 0 Å². The van der Waals surface area contributed by atoms with E-state index in [2.05, 4.69) is 32.4 Å². The van der Waals surface area contributed by atoms with E-state index in [1.165, 1.54) is 36.7 Å². The fourth-order valence-corrected chi connectivity index (χ4v) is 4.20. The number of carbonyl (C=O) groups excluding carboxylic acids is 1. The Bertz CT molecular complexity index is 1470. The standard InChI is InChI=1S/C23H23F3N6O3S/c1-12-17(19(33)30-14-6-5-7-15(10-14)36(4,27)34)21(32-31-18(12)23(24,25)26)35-20-13(2)29-16(11-28-20)22(3)8-9-22/h5-7,10-11,27H,8-9H2,1-4H3,(H,30,33). The van der Waals surface area contributed by atoms with Crippen LogP contribution in [0.4, 0.5) is 18.9 Å². The molecule has 3 aromatic rings. The summed E-state index contributed by atoms with van der Waals surface area (Å²) in [4.78, 5) is 22.1. The van der Waals surface area contributed by atoms with E-state index in [9.17, 15) is 22.2 Å². The maximum atomic E-state index is 13.5. The average molecular weight is 521 g/mol. The van der Waals surface area contributed by atoms with Crippen LogP contribution >= 0.6 is 0 Å². The molecule has 2 heterocycles. The third-order valence-corrected chi connectivity index (χ3v) is 7.09. The number of hydrogen-bond donors (Lipinski definition) is 2. The normalized spacial score (nSPS) is 16.2. The number of ether oxygens (including phenoxy) is 1. The molecule has 1 saturated carbocycles. The Kier molecular flexibility index (Phi) is 6.23. The van der Waals surface area contributed by atoms with Crippen LogP contribution in [-0.2, 0) is 21.3 Å². The lowest BCUT2D eigenvalue weighted by Gasteiger charge is -2.17. The number of anilines is 1. The molecule has 2 aromatic heterocycles. The quantitative estimate of drug-likeness (QED) is 0.466. The maximum absolute atomic E-state index is 13.5. The molecule has 1 aromatic carbocycles. The second-order valence-electron chi connectivity index (χ2n) is 8.99. The summed E-state index contributed by atoms with van der Waals surface area (Å²) in [5.74, 6) is -1.45. The number of alkyl halides is 3. The highest BCUT2D eigenvalue weighted by Crippen LogP contribution is 2.46. The number of aromatic nitrogens is 4. The first-order valence-corrected chi connectivity index (χ1v) is 12.8. The van der Waals surface area contributed by atoms with Gasteiger partial charge >= 0.3 is 6.18 Å². The van der Waals surface area contributed by atoms with Gasteiger partial charge in [0.1, 0.15) is 11.3 Å². The lowest BCUT2D eigenvalue weighted by atomic mass is 10.1. The third kappa shape index (κ3) is 5.15. The number of nitrogens with zero attached hydrogens (tertiary/aromatic N) is 4. The van der Waals surface area contributed by atoms with Gasteiger partial charge in [0, 0.05) is 22.3 Å². The molecule has 0 spiro atoms. The minimum Gasteiger partial charge on any atom is -0.416 e. The fraction of sp³-hybridized carbons (Fsp3) is 0.348. The number of amides is 1. The monoisotopic (exact) mass is 520 g/mol. The summed E-state index contributed by atoms with van der Waals surface area (Å²) in [6.07, 6.45) is -0.160. The third-order valence-electron chi connectivity index (χ3n) is 5.94. The molecule has 1 atom stereocenters. The first-order chi connectivity index (χ1) is 16.7. The molecule has 9 nitrogen and oxygen atoms in total. The van der Waals surface area contributed by atoms with E-state index in [0.717, 1.165) is 25.5 Å². The summed E-state index contributed by atoms with van der Waals surface area (Å²) in [7, 11) is -3.09. The zero-order valence-corrected chi connectivity index (χ0v) is 20.7. The average Bonchev–Trinajstić information content (AvgIpc) is 3.52. The van der Waals surface area contributed by atoms with Crippen molar-refractivity contribution in [2.24, 2.45) is 0 Å². The minimum absolute atomic E-state index is 0.0209. The van der Waals surface area contributed by atoms with Gasteiger partial charge in [-0.05, 0) is 50.5 Å². The summed E-state index contributed by atoms with van der Waals surface area (Å²) in [6.45, 7) is 4.78. The molecule has 36 heavy (non-hydrogen) atoms. The highest BCUT2D eigenvalue weighted by molar-refractivity contribution is 7.91. The minimum atomic E-state index is -4.86. The Morgan fingerprint density at radius 3 is 2.47 bits per heavy atom. The molecule has 190 valence electrons. The van der Waals surface area contributed by atoms with Crippen molar-refractivity contribution in [1.82, 2.24) is 20.2 Å². The van der Waals surface area contributed by atoms with Crippen LogP contribution in [-0.4, -0.2) is 36.5 Å². The Morgan fingerprint density at radius 2 is 1.89 bits per heavy atom. The molecule has 1 amide bonds. The number of halogens is 3. The highest BCUT2D eigenvalue weighted by atomic mass is 32.2. The van der Waals surface area contributed by atoms with Gasteiger partial charge in [-0.25, -0.2) is 14.0 Å². The van der Waals surface area contributed by atoms with Crippen molar-refractivity contribution in [3.05, 3.63) is 58.7 Å². The second-order valence-corrected chi connectivity index (χ2v) is 11.1. The Hall–Kier alpha value is -3.61. The van der Waals surface area contributed by atoms with Crippen LogP contribution in [0.25, 0.3) is 0 Å². The van der Waals surface area contributed by atoms with E-state index in [1.807, 2.05) is 0 Å². The van der Waals surface area contributed by atoms with Crippen molar-refractivity contribution < 1.29 is 26.9 Å². The van der Waals surface area contributed by atoms with Gasteiger partial charge in [-0.1, -0.05) is 13.0 Å². The van der Waals surface area contributed by atoms with Crippen molar-refractivity contribution >= 4 is 21.3 Å². The largest absolute Gasteiger partial charge is 0.435 e. The zero-order chi connectivity index (χ0) is 26.5. The summed E-state index contributed by atoms with van der Waals surface area (Å²) in [6, 6.07) is 5.69. The van der Waals surface area contributed by atoms with Crippen LogP contribution in [0.3, 0.4) is 0 Å². The summed E-state index contributed by atoms with van der Waals surface area (Å²) in [5.41, 5.74) is -1.08. The maximum Gasteiger partial charge on any atom is 0.435 e. The van der Waals surface area contributed by atoms with Crippen LogP contribution in [0, 0.1) is 18.6 Å².